The molecule has 0 atom stereocenters. The summed E-state index contributed by atoms with van der Waals surface area (Å²) < 4.78 is 0.959. The Morgan fingerprint density at radius 1 is 0.281 bits per heavy atom. The lowest BCUT2D eigenvalue weighted by Gasteiger charge is -2.15. The van der Waals surface area contributed by atoms with Crippen LogP contribution in [-0.2, 0) is 0 Å². The molecule has 0 unspecified atom stereocenters. The molecule has 12 aromatic carbocycles. The average Bonchev–Trinajstić information content (AvgIpc) is 0.773. The van der Waals surface area contributed by atoms with Crippen LogP contribution in [-0.4, -0.2) is 69.9 Å². The maximum Gasteiger partial charge on any atom is 0.488 e. The molecule has 14 aromatic rings. The van der Waals surface area contributed by atoms with Crippen molar-refractivity contribution >= 4 is 72.9 Å². The predicted octanol–water partition coefficient (Wildman–Crippen LogP) is 17.8. The van der Waals surface area contributed by atoms with Crippen molar-refractivity contribution in [2.45, 2.75) is 0 Å². The molecule has 14 heteroatoms. The lowest BCUT2D eigenvalue weighted by atomic mass is 9.80. The highest BCUT2D eigenvalue weighted by molar-refractivity contribution is 9.10. The van der Waals surface area contributed by atoms with E-state index in [1.165, 1.54) is 0 Å². The number of hydrogen-bond donors (Lipinski definition) is 6. The summed E-state index contributed by atoms with van der Waals surface area (Å²) in [6.45, 7) is 0. The SMILES string of the molecule is Brc1ccc2ccccc2c1-c1nc(-c2ccccc2)nc(-c2ccccc2)n1.N=C(/C=C\C(=N)c1ccc(-c2ccc3ccccc3c2-c2nc(-c3ccccc3)nc(-c3ccccc3)n2)cc1)c1ccccc1.N=C(/C=C\C(=N)c1ccc(B(O)O)cc1)c1ccccc1. The first-order valence-corrected chi connectivity index (χ1v) is 31.6. The summed E-state index contributed by atoms with van der Waals surface area (Å²) in [5.41, 5.74) is 12.3. The van der Waals surface area contributed by atoms with Gasteiger partial charge >= 0.3 is 7.12 Å². The van der Waals surface area contributed by atoms with E-state index >= 15 is 0 Å². The van der Waals surface area contributed by atoms with Gasteiger partial charge in [-0.1, -0.05) is 313 Å². The number of nitrogens with one attached hydrogen (secondary N) is 4. The second-order valence-electron chi connectivity index (χ2n) is 22.1. The molecule has 0 aliphatic rings. The second-order valence-corrected chi connectivity index (χ2v) is 22.9. The van der Waals surface area contributed by atoms with Crippen molar-refractivity contribution in [3.63, 3.8) is 0 Å². The number of nitrogens with zero attached hydrogens (tertiary/aromatic N) is 6. The molecule has 6 N–H and O–H groups in total. The van der Waals surface area contributed by atoms with Crippen LogP contribution in [0.1, 0.15) is 22.3 Å². The van der Waals surface area contributed by atoms with E-state index < -0.39 is 7.12 Å². The number of halogens is 1. The summed E-state index contributed by atoms with van der Waals surface area (Å²) in [6, 6.07) is 98.2. The van der Waals surface area contributed by atoms with E-state index in [2.05, 4.69) is 58.4 Å². The van der Waals surface area contributed by atoms with Crippen molar-refractivity contribution in [2.24, 2.45) is 0 Å². The minimum absolute atomic E-state index is 0.259. The molecule has 0 aliphatic carbocycles. The van der Waals surface area contributed by atoms with Crippen molar-refractivity contribution in [2.75, 3.05) is 0 Å². The highest BCUT2D eigenvalue weighted by atomic mass is 79.9. The van der Waals surface area contributed by atoms with E-state index in [1.807, 2.05) is 237 Å². The van der Waals surface area contributed by atoms with E-state index in [0.29, 0.717) is 63.1 Å². The molecule has 0 amide bonds. The largest absolute Gasteiger partial charge is 0.488 e. The summed E-state index contributed by atoms with van der Waals surface area (Å²) in [6.07, 6.45) is 6.47. The number of benzene rings is 12. The fraction of sp³-hybridized carbons (Fsp3) is 0. The molecular weight excluding hydrogens is 1250 g/mol. The molecule has 14 rings (SSSR count). The van der Waals surface area contributed by atoms with Crippen LogP contribution in [0.15, 0.2) is 332 Å². The van der Waals surface area contributed by atoms with Crippen LogP contribution in [0.2, 0.25) is 0 Å². The first kappa shape index (κ1) is 63.9. The minimum atomic E-state index is -1.50. The van der Waals surface area contributed by atoms with Crippen LogP contribution in [0.4, 0.5) is 0 Å². The molecule has 2 aromatic heterocycles. The Morgan fingerprint density at radius 2 is 0.573 bits per heavy atom. The molecule has 12 nitrogen and oxygen atoms in total. The maximum absolute atomic E-state index is 9.02. The molecule has 460 valence electrons. The van der Waals surface area contributed by atoms with Crippen LogP contribution < -0.4 is 5.46 Å². The predicted molar refractivity (Wildman–Crippen MR) is 395 cm³/mol. The molecule has 0 aliphatic heterocycles. The quantitative estimate of drug-likeness (QED) is 0.0403. The van der Waals surface area contributed by atoms with Gasteiger partial charge in [0.05, 0.1) is 22.8 Å². The zero-order valence-electron chi connectivity index (χ0n) is 51.7. The average molecular weight is 1310 g/mol. The summed E-state index contributed by atoms with van der Waals surface area (Å²) in [7, 11) is -1.50. The first-order valence-electron chi connectivity index (χ1n) is 30.8. The van der Waals surface area contributed by atoms with Gasteiger partial charge < -0.3 is 31.7 Å². The van der Waals surface area contributed by atoms with Gasteiger partial charge in [-0.2, -0.15) is 0 Å². The van der Waals surface area contributed by atoms with Crippen LogP contribution in [0.25, 0.3) is 101 Å². The van der Waals surface area contributed by atoms with Gasteiger partial charge in [0, 0.05) is 37.9 Å². The van der Waals surface area contributed by atoms with Crippen molar-refractivity contribution < 1.29 is 10.0 Å². The van der Waals surface area contributed by atoms with Gasteiger partial charge in [-0.15, -0.1) is 0 Å². The third-order valence-corrected chi connectivity index (χ3v) is 16.3. The maximum atomic E-state index is 9.02. The van der Waals surface area contributed by atoms with E-state index in [4.69, 9.17) is 61.6 Å². The minimum Gasteiger partial charge on any atom is -0.423 e. The molecular formula is C82H60BBrN10O2. The highest BCUT2D eigenvalue weighted by Gasteiger charge is 2.20. The van der Waals surface area contributed by atoms with E-state index in [9.17, 15) is 0 Å². The summed E-state index contributed by atoms with van der Waals surface area (Å²) >= 11 is 3.72. The van der Waals surface area contributed by atoms with Gasteiger partial charge in [0.2, 0.25) is 0 Å². The Labute approximate surface area is 564 Å². The molecule has 0 spiro atoms. The van der Waals surface area contributed by atoms with Gasteiger partial charge in [-0.3, -0.25) is 0 Å². The Kier molecular flexibility index (Phi) is 20.3. The number of aromatic nitrogens is 6. The van der Waals surface area contributed by atoms with Crippen molar-refractivity contribution in [3.8, 4) is 79.5 Å². The number of hydrogen-bond acceptors (Lipinski definition) is 12. The standard InChI is InChI=1S/C41H29N5.C25H16BrN3.C16H15BN2O2/c42-36(30-13-4-1-5-14-30)26-27-37(43)31-22-20-29(21-23-31)35-25-24-28-12-10-11-19-34(28)38(35)41-45-39(32-15-6-2-7-16-32)44-40(46-41)33-17-8-3-9-18-33;26-21-16-15-17-9-7-8-14-20(17)22(21)25-28-23(18-10-3-1-4-11-18)27-24(29-25)19-12-5-2-6-13-19;18-15(12-4-2-1-3-5-12)10-11-16(19)13-6-8-14(9-7-13)17(20)21/h1-27,42-43H;1-16H;1-11,18-21H/b27-26-,42-36?,43-37?;;11-10-,18-15?,19-16?. The molecule has 96 heavy (non-hydrogen) atoms. The highest BCUT2D eigenvalue weighted by Crippen LogP contribution is 2.39. The summed E-state index contributed by atoms with van der Waals surface area (Å²) in [5, 5.41) is 55.3. The van der Waals surface area contributed by atoms with E-state index in [0.717, 1.165) is 87.2 Å². The second kappa shape index (κ2) is 30.5. The van der Waals surface area contributed by atoms with Gasteiger partial charge in [0.15, 0.2) is 34.9 Å². The Balaban J connectivity index is 0.000000150. The third-order valence-electron chi connectivity index (χ3n) is 15.7. The van der Waals surface area contributed by atoms with E-state index in [-0.39, 0.29) is 5.71 Å². The molecule has 0 radical (unpaired) electrons. The number of allylic oxidation sites excluding steroid dienone is 4. The van der Waals surface area contributed by atoms with E-state index in [1.54, 1.807) is 48.6 Å². The summed E-state index contributed by atoms with van der Waals surface area (Å²) in [4.78, 5) is 29.5. The monoisotopic (exact) mass is 1310 g/mol. The molecule has 0 fully saturated rings. The first-order chi connectivity index (χ1) is 47.0. The van der Waals surface area contributed by atoms with Gasteiger partial charge in [0.1, 0.15) is 0 Å². The molecule has 0 saturated carbocycles. The van der Waals surface area contributed by atoms with Gasteiger partial charge in [-0.25, -0.2) is 29.9 Å². The third kappa shape index (κ3) is 15.5. The molecule has 0 saturated heterocycles. The van der Waals surface area contributed by atoms with Crippen LogP contribution in [0, 0.1) is 21.6 Å². The molecule has 2 heterocycles. The normalized spacial score (nSPS) is 10.9. The van der Waals surface area contributed by atoms with Crippen molar-refractivity contribution in [1.29, 1.82) is 21.6 Å². The van der Waals surface area contributed by atoms with Gasteiger partial charge in [0.25, 0.3) is 0 Å². The smallest absolute Gasteiger partial charge is 0.423 e. The van der Waals surface area contributed by atoms with Crippen LogP contribution in [0.5, 0.6) is 0 Å². The summed E-state index contributed by atoms with van der Waals surface area (Å²) in [5.74, 6) is 3.80. The number of rotatable bonds is 16. The topological polar surface area (TPSA) is 213 Å². The Bertz CT molecular complexity index is 5030. The Morgan fingerprint density at radius 3 is 0.948 bits per heavy atom. The number of fused-ring (bicyclic) bond motifs is 2. The van der Waals surface area contributed by atoms with Crippen LogP contribution >= 0.6 is 15.9 Å². The lowest BCUT2D eigenvalue weighted by Crippen LogP contribution is -2.29. The zero-order valence-corrected chi connectivity index (χ0v) is 53.3. The zero-order chi connectivity index (χ0) is 66.2. The molecule has 0 bridgehead atoms. The lowest BCUT2D eigenvalue weighted by molar-refractivity contribution is 0.426. The fourth-order valence-electron chi connectivity index (χ4n) is 10.7. The Hall–Kier alpha value is -12.2. The van der Waals surface area contributed by atoms with Gasteiger partial charge in [-0.05, 0) is 90.8 Å². The fourth-order valence-corrected chi connectivity index (χ4v) is 11.2. The van der Waals surface area contributed by atoms with Crippen molar-refractivity contribution in [3.05, 3.63) is 354 Å². The van der Waals surface area contributed by atoms with Crippen molar-refractivity contribution in [1.82, 2.24) is 29.9 Å². The van der Waals surface area contributed by atoms with Crippen LogP contribution in [0.3, 0.4) is 0 Å².